The zero-order valence-electron chi connectivity index (χ0n) is 11.4. The Balaban J connectivity index is 2.09. The van der Waals surface area contributed by atoms with E-state index in [2.05, 4.69) is 24.5 Å². The van der Waals surface area contributed by atoms with E-state index >= 15 is 0 Å². The fourth-order valence-corrected chi connectivity index (χ4v) is 2.52. The van der Waals surface area contributed by atoms with Gasteiger partial charge in [0.2, 0.25) is 5.91 Å². The Morgan fingerprint density at radius 3 is 2.65 bits per heavy atom. The van der Waals surface area contributed by atoms with Crippen molar-refractivity contribution in [2.75, 3.05) is 13.1 Å². The Morgan fingerprint density at radius 2 is 2.00 bits per heavy atom. The number of unbranched alkanes of at least 4 members (excludes halogenated alkanes) is 1. The van der Waals surface area contributed by atoms with E-state index in [0.717, 1.165) is 25.3 Å². The van der Waals surface area contributed by atoms with Crippen molar-refractivity contribution in [3.8, 4) is 0 Å². The van der Waals surface area contributed by atoms with Crippen LogP contribution in [0.3, 0.4) is 0 Å². The van der Waals surface area contributed by atoms with Crippen LogP contribution in [0, 0.1) is 5.92 Å². The van der Waals surface area contributed by atoms with Gasteiger partial charge in [-0.25, -0.2) is 0 Å². The Kier molecular flexibility index (Phi) is 7.25. The lowest BCUT2D eigenvalue weighted by atomic mass is 9.84. The highest BCUT2D eigenvalue weighted by Crippen LogP contribution is 2.26. The third-order valence-electron chi connectivity index (χ3n) is 3.79. The molecule has 17 heavy (non-hydrogen) atoms. The normalized spacial score (nSPS) is 18.9. The molecule has 1 amide bonds. The highest BCUT2D eigenvalue weighted by atomic mass is 16.1. The molecule has 0 aromatic heterocycles. The van der Waals surface area contributed by atoms with E-state index in [-0.39, 0.29) is 5.91 Å². The first-order chi connectivity index (χ1) is 8.24. The van der Waals surface area contributed by atoms with Crippen molar-refractivity contribution in [3.05, 3.63) is 0 Å². The lowest BCUT2D eigenvalue weighted by Crippen LogP contribution is -2.41. The minimum atomic E-state index is 0.140. The number of rotatable bonds is 7. The van der Waals surface area contributed by atoms with Crippen LogP contribution in [0.4, 0.5) is 0 Å². The lowest BCUT2D eigenvalue weighted by Gasteiger charge is -2.28. The molecule has 3 heteroatoms. The molecule has 2 N–H and O–H groups in total. The van der Waals surface area contributed by atoms with Crippen LogP contribution in [-0.2, 0) is 4.79 Å². The minimum Gasteiger partial charge on any atom is -0.355 e. The number of amides is 1. The van der Waals surface area contributed by atoms with Crippen molar-refractivity contribution in [3.63, 3.8) is 0 Å². The Hall–Kier alpha value is -0.570. The van der Waals surface area contributed by atoms with E-state index in [1.807, 2.05) is 0 Å². The molecule has 1 rings (SSSR count). The Bertz CT molecular complexity index is 212. The summed E-state index contributed by atoms with van der Waals surface area (Å²) in [4.78, 5) is 11.5. The van der Waals surface area contributed by atoms with Crippen LogP contribution in [0.25, 0.3) is 0 Å². The van der Waals surface area contributed by atoms with Crippen LogP contribution >= 0.6 is 0 Å². The zero-order chi connectivity index (χ0) is 12.5. The second-order valence-corrected chi connectivity index (χ2v) is 5.27. The molecule has 1 unspecified atom stereocenters. The number of hydrogen-bond acceptors (Lipinski definition) is 2. The molecular formula is C14H28N2O. The average molecular weight is 240 g/mol. The van der Waals surface area contributed by atoms with E-state index in [1.54, 1.807) is 0 Å². The highest BCUT2D eigenvalue weighted by Gasteiger charge is 2.19. The van der Waals surface area contributed by atoms with Crippen LogP contribution in [0.2, 0.25) is 0 Å². The van der Waals surface area contributed by atoms with Crippen LogP contribution in [-0.4, -0.2) is 25.0 Å². The van der Waals surface area contributed by atoms with Gasteiger partial charge in [0, 0.05) is 12.6 Å². The van der Waals surface area contributed by atoms with Crippen LogP contribution in [0.5, 0.6) is 0 Å². The predicted molar refractivity (Wildman–Crippen MR) is 72.0 cm³/mol. The van der Waals surface area contributed by atoms with Gasteiger partial charge >= 0.3 is 0 Å². The molecule has 1 aliphatic rings. The minimum absolute atomic E-state index is 0.140. The van der Waals surface area contributed by atoms with E-state index in [0.29, 0.717) is 12.6 Å². The van der Waals surface area contributed by atoms with E-state index in [9.17, 15) is 4.79 Å². The maximum Gasteiger partial charge on any atom is 0.233 e. The summed E-state index contributed by atoms with van der Waals surface area (Å²) in [5.74, 6) is 0.910. The number of nitrogens with one attached hydrogen (secondary N) is 2. The second kappa shape index (κ2) is 8.51. The summed E-state index contributed by atoms with van der Waals surface area (Å²) in [6.45, 7) is 5.64. The first-order valence-electron chi connectivity index (χ1n) is 7.24. The number of hydrogen-bond donors (Lipinski definition) is 2. The van der Waals surface area contributed by atoms with Crippen molar-refractivity contribution in [1.82, 2.24) is 10.6 Å². The first-order valence-corrected chi connectivity index (χ1v) is 7.24. The molecule has 0 aromatic rings. The Morgan fingerprint density at radius 1 is 1.29 bits per heavy atom. The van der Waals surface area contributed by atoms with Gasteiger partial charge in [0.25, 0.3) is 0 Å². The smallest absolute Gasteiger partial charge is 0.233 e. The van der Waals surface area contributed by atoms with Crippen molar-refractivity contribution < 1.29 is 4.79 Å². The molecule has 0 radical (unpaired) electrons. The molecule has 1 atom stereocenters. The van der Waals surface area contributed by atoms with E-state index in [1.165, 1.54) is 32.1 Å². The molecule has 100 valence electrons. The average Bonchev–Trinajstić information content (AvgIpc) is 2.37. The maximum atomic E-state index is 11.5. The molecular weight excluding hydrogens is 212 g/mol. The van der Waals surface area contributed by atoms with Crippen LogP contribution < -0.4 is 10.6 Å². The van der Waals surface area contributed by atoms with Crippen molar-refractivity contribution in [1.29, 1.82) is 0 Å². The van der Waals surface area contributed by atoms with E-state index in [4.69, 9.17) is 0 Å². The largest absolute Gasteiger partial charge is 0.355 e. The van der Waals surface area contributed by atoms with E-state index < -0.39 is 0 Å². The summed E-state index contributed by atoms with van der Waals surface area (Å²) < 4.78 is 0. The number of carbonyl (C=O) groups excluding carboxylic acids is 1. The van der Waals surface area contributed by atoms with Gasteiger partial charge in [-0.15, -0.1) is 0 Å². The van der Waals surface area contributed by atoms with Crippen molar-refractivity contribution >= 4 is 5.91 Å². The third kappa shape index (κ3) is 6.06. The van der Waals surface area contributed by atoms with Gasteiger partial charge in [0.05, 0.1) is 6.54 Å². The SMILES string of the molecule is CCCCNC(=O)CNC(C)C1CCCCC1. The molecule has 0 spiro atoms. The fraction of sp³-hybridized carbons (Fsp3) is 0.929. The topological polar surface area (TPSA) is 41.1 Å². The molecule has 0 saturated heterocycles. The quantitative estimate of drug-likeness (QED) is 0.671. The molecule has 0 heterocycles. The van der Waals surface area contributed by atoms with Gasteiger partial charge in [-0.2, -0.15) is 0 Å². The predicted octanol–water partition coefficient (Wildman–Crippen LogP) is 2.46. The molecule has 1 saturated carbocycles. The van der Waals surface area contributed by atoms with Gasteiger partial charge in [0.1, 0.15) is 0 Å². The lowest BCUT2D eigenvalue weighted by molar-refractivity contribution is -0.120. The maximum absolute atomic E-state index is 11.5. The molecule has 0 bridgehead atoms. The monoisotopic (exact) mass is 240 g/mol. The van der Waals surface area contributed by atoms with Gasteiger partial charge in [0.15, 0.2) is 0 Å². The summed E-state index contributed by atoms with van der Waals surface area (Å²) >= 11 is 0. The first kappa shape index (κ1) is 14.5. The van der Waals surface area contributed by atoms with Crippen molar-refractivity contribution in [2.45, 2.75) is 64.8 Å². The summed E-state index contributed by atoms with van der Waals surface area (Å²) in [5, 5.41) is 6.31. The summed E-state index contributed by atoms with van der Waals surface area (Å²) in [7, 11) is 0. The summed E-state index contributed by atoms with van der Waals surface area (Å²) in [6, 6.07) is 0.479. The third-order valence-corrected chi connectivity index (χ3v) is 3.79. The summed E-state index contributed by atoms with van der Waals surface area (Å²) in [5.41, 5.74) is 0. The van der Waals surface area contributed by atoms with Crippen molar-refractivity contribution in [2.24, 2.45) is 5.92 Å². The van der Waals surface area contributed by atoms with Crippen LogP contribution in [0.1, 0.15) is 58.8 Å². The zero-order valence-corrected chi connectivity index (χ0v) is 11.4. The Labute approximate surface area is 106 Å². The van der Waals surface area contributed by atoms with Gasteiger partial charge < -0.3 is 10.6 Å². The molecule has 1 aliphatic carbocycles. The van der Waals surface area contributed by atoms with Crippen LogP contribution in [0.15, 0.2) is 0 Å². The second-order valence-electron chi connectivity index (χ2n) is 5.27. The fourth-order valence-electron chi connectivity index (χ4n) is 2.52. The molecule has 0 aromatic carbocycles. The molecule has 3 nitrogen and oxygen atoms in total. The number of carbonyl (C=O) groups is 1. The highest BCUT2D eigenvalue weighted by molar-refractivity contribution is 5.77. The summed E-state index contributed by atoms with van der Waals surface area (Å²) in [6.07, 6.45) is 8.97. The standard InChI is InChI=1S/C14H28N2O/c1-3-4-10-15-14(17)11-16-12(2)13-8-6-5-7-9-13/h12-13,16H,3-11H2,1-2H3,(H,15,17). The molecule has 0 aliphatic heterocycles. The van der Waals surface area contributed by atoms with Gasteiger partial charge in [-0.3, -0.25) is 4.79 Å². The van der Waals surface area contributed by atoms with Gasteiger partial charge in [-0.1, -0.05) is 32.6 Å². The molecule has 1 fully saturated rings. The van der Waals surface area contributed by atoms with Gasteiger partial charge in [-0.05, 0) is 32.1 Å².